The van der Waals surface area contributed by atoms with E-state index < -0.39 is 11.8 Å². The summed E-state index contributed by atoms with van der Waals surface area (Å²) in [5, 5.41) is 11.8. The molecule has 7 heteroatoms. The molecule has 0 aliphatic rings. The zero-order valence-corrected chi connectivity index (χ0v) is 11.4. The lowest BCUT2D eigenvalue weighted by atomic mass is 10.2. The van der Waals surface area contributed by atoms with Gasteiger partial charge in [-0.3, -0.25) is 0 Å². The molecule has 0 spiro atoms. The Kier molecular flexibility index (Phi) is 7.52. The number of carboxylic acids is 1. The van der Waals surface area contributed by atoms with Crippen LogP contribution >= 0.6 is 0 Å². The highest BCUT2D eigenvalue weighted by molar-refractivity contribution is 5.93. The van der Waals surface area contributed by atoms with E-state index in [4.69, 9.17) is 14.6 Å². The maximum Gasteiger partial charge on any atom is 0.339 e. The number of ether oxygens (including phenoxy) is 2. The molecule has 0 saturated heterocycles. The molecule has 0 saturated carbocycles. The Morgan fingerprint density at radius 1 is 1.40 bits per heavy atom. The Labute approximate surface area is 116 Å². The molecule has 2 N–H and O–H groups in total. The van der Waals surface area contributed by atoms with Crippen molar-refractivity contribution >= 4 is 11.8 Å². The van der Waals surface area contributed by atoms with E-state index in [9.17, 15) is 9.18 Å². The standard InChI is InChI=1S/C13H19FN2O4/c1-19-6-7-20-5-3-2-4-15-12-11(13(17)18)8-10(14)9-16-12/h8-9H,2-7H2,1H3,(H,15,16)(H,17,18). The molecule has 1 aromatic rings. The normalized spacial score (nSPS) is 10.5. The largest absolute Gasteiger partial charge is 0.478 e. The molecule has 1 heterocycles. The molecule has 0 fully saturated rings. The Hall–Kier alpha value is -1.73. The molecule has 20 heavy (non-hydrogen) atoms. The summed E-state index contributed by atoms with van der Waals surface area (Å²) in [7, 11) is 1.61. The van der Waals surface area contributed by atoms with Crippen molar-refractivity contribution in [2.24, 2.45) is 0 Å². The van der Waals surface area contributed by atoms with E-state index in [1.165, 1.54) is 0 Å². The number of carbonyl (C=O) groups is 1. The van der Waals surface area contributed by atoms with Crippen molar-refractivity contribution in [3.63, 3.8) is 0 Å². The number of pyridine rings is 1. The van der Waals surface area contributed by atoms with Crippen LogP contribution in [0, 0.1) is 5.82 Å². The highest BCUT2D eigenvalue weighted by atomic mass is 19.1. The summed E-state index contributed by atoms with van der Waals surface area (Å²) in [6.07, 6.45) is 2.62. The molecule has 0 aliphatic carbocycles. The maximum absolute atomic E-state index is 12.9. The predicted octanol–water partition coefficient (Wildman–Crippen LogP) is 1.77. The van der Waals surface area contributed by atoms with Gasteiger partial charge in [0, 0.05) is 20.3 Å². The summed E-state index contributed by atoms with van der Waals surface area (Å²) in [6, 6.07) is 0.950. The van der Waals surface area contributed by atoms with Crippen LogP contribution in [0.15, 0.2) is 12.3 Å². The average molecular weight is 286 g/mol. The minimum Gasteiger partial charge on any atom is -0.478 e. The summed E-state index contributed by atoms with van der Waals surface area (Å²) < 4.78 is 23.1. The first kappa shape index (κ1) is 16.3. The first-order chi connectivity index (χ1) is 9.65. The number of halogens is 1. The van der Waals surface area contributed by atoms with Crippen LogP contribution in [0.3, 0.4) is 0 Å². The summed E-state index contributed by atoms with van der Waals surface area (Å²) in [6.45, 7) is 2.30. The molecule has 1 rings (SSSR count). The lowest BCUT2D eigenvalue weighted by Crippen LogP contribution is -2.11. The van der Waals surface area contributed by atoms with Crippen molar-refractivity contribution in [2.75, 3.05) is 38.8 Å². The lowest BCUT2D eigenvalue weighted by molar-refractivity contribution is 0.0690. The monoisotopic (exact) mass is 286 g/mol. The Bertz CT molecular complexity index is 429. The zero-order valence-electron chi connectivity index (χ0n) is 11.4. The number of carboxylic acid groups (broad SMARTS) is 1. The molecule has 0 aliphatic heterocycles. The van der Waals surface area contributed by atoms with E-state index in [0.717, 1.165) is 25.1 Å². The van der Waals surface area contributed by atoms with E-state index in [1.807, 2.05) is 0 Å². The van der Waals surface area contributed by atoms with Gasteiger partial charge in [-0.1, -0.05) is 0 Å². The summed E-state index contributed by atoms with van der Waals surface area (Å²) in [4.78, 5) is 14.7. The number of rotatable bonds is 10. The molecule has 0 bridgehead atoms. The van der Waals surface area contributed by atoms with Crippen LogP contribution in [0.1, 0.15) is 23.2 Å². The summed E-state index contributed by atoms with van der Waals surface area (Å²) in [5.74, 6) is -1.69. The fourth-order valence-corrected chi connectivity index (χ4v) is 1.52. The number of hydrogen-bond acceptors (Lipinski definition) is 5. The fourth-order valence-electron chi connectivity index (χ4n) is 1.52. The average Bonchev–Trinajstić information content (AvgIpc) is 2.43. The molecular weight excluding hydrogens is 267 g/mol. The van der Waals surface area contributed by atoms with E-state index in [0.29, 0.717) is 26.4 Å². The van der Waals surface area contributed by atoms with Gasteiger partial charge in [0.2, 0.25) is 0 Å². The Morgan fingerprint density at radius 3 is 2.90 bits per heavy atom. The molecule has 0 aromatic carbocycles. The van der Waals surface area contributed by atoms with Gasteiger partial charge in [-0.15, -0.1) is 0 Å². The van der Waals surface area contributed by atoms with Crippen molar-refractivity contribution in [3.05, 3.63) is 23.6 Å². The quantitative estimate of drug-likeness (QED) is 0.638. The highest BCUT2D eigenvalue weighted by Gasteiger charge is 2.12. The SMILES string of the molecule is COCCOCCCCNc1ncc(F)cc1C(=O)O. The van der Waals surface area contributed by atoms with Crippen molar-refractivity contribution < 1.29 is 23.8 Å². The Balaban J connectivity index is 2.27. The van der Waals surface area contributed by atoms with Crippen LogP contribution in [0.2, 0.25) is 0 Å². The van der Waals surface area contributed by atoms with Crippen molar-refractivity contribution in [1.82, 2.24) is 4.98 Å². The first-order valence-electron chi connectivity index (χ1n) is 6.34. The number of nitrogens with zero attached hydrogens (tertiary/aromatic N) is 1. The van der Waals surface area contributed by atoms with Gasteiger partial charge in [0.05, 0.1) is 19.4 Å². The number of methoxy groups -OCH3 is 1. The smallest absolute Gasteiger partial charge is 0.339 e. The lowest BCUT2D eigenvalue weighted by Gasteiger charge is -2.08. The van der Waals surface area contributed by atoms with Crippen LogP contribution in [0.25, 0.3) is 0 Å². The molecule has 1 aromatic heterocycles. The van der Waals surface area contributed by atoms with Gasteiger partial charge < -0.3 is 19.9 Å². The highest BCUT2D eigenvalue weighted by Crippen LogP contribution is 2.13. The molecular formula is C13H19FN2O4. The number of aromatic nitrogens is 1. The van der Waals surface area contributed by atoms with Crippen LogP contribution in [0.4, 0.5) is 10.2 Å². The third-order valence-corrected chi connectivity index (χ3v) is 2.52. The van der Waals surface area contributed by atoms with Gasteiger partial charge in [-0.2, -0.15) is 0 Å². The first-order valence-corrected chi connectivity index (χ1v) is 6.34. The number of anilines is 1. The van der Waals surface area contributed by atoms with Gasteiger partial charge in [0.25, 0.3) is 0 Å². The van der Waals surface area contributed by atoms with Crippen molar-refractivity contribution in [3.8, 4) is 0 Å². The number of unbranched alkanes of at least 4 members (excludes halogenated alkanes) is 1. The second-order valence-corrected chi connectivity index (χ2v) is 4.09. The number of hydrogen-bond donors (Lipinski definition) is 2. The summed E-state index contributed by atoms with van der Waals surface area (Å²) >= 11 is 0. The molecule has 112 valence electrons. The second kappa shape index (κ2) is 9.22. The molecule has 0 amide bonds. The third-order valence-electron chi connectivity index (χ3n) is 2.52. The topological polar surface area (TPSA) is 80.7 Å². The second-order valence-electron chi connectivity index (χ2n) is 4.09. The predicted molar refractivity (Wildman–Crippen MR) is 71.6 cm³/mol. The number of aromatic carboxylic acids is 1. The van der Waals surface area contributed by atoms with Crippen LogP contribution in [0.5, 0.6) is 0 Å². The summed E-state index contributed by atoms with van der Waals surface area (Å²) in [5.41, 5.74) is -0.165. The van der Waals surface area contributed by atoms with Gasteiger partial charge in [-0.25, -0.2) is 14.2 Å². The molecule has 0 atom stereocenters. The van der Waals surface area contributed by atoms with Gasteiger partial charge in [0.1, 0.15) is 17.2 Å². The van der Waals surface area contributed by atoms with Gasteiger partial charge in [-0.05, 0) is 18.9 Å². The number of nitrogens with one attached hydrogen (secondary N) is 1. The van der Waals surface area contributed by atoms with Crippen molar-refractivity contribution in [1.29, 1.82) is 0 Å². The van der Waals surface area contributed by atoms with E-state index in [2.05, 4.69) is 10.3 Å². The van der Waals surface area contributed by atoms with E-state index >= 15 is 0 Å². The fraction of sp³-hybridized carbons (Fsp3) is 0.538. The minimum absolute atomic E-state index is 0.165. The van der Waals surface area contributed by atoms with Gasteiger partial charge in [0.15, 0.2) is 0 Å². The minimum atomic E-state index is -1.21. The zero-order chi connectivity index (χ0) is 14.8. The van der Waals surface area contributed by atoms with E-state index in [1.54, 1.807) is 7.11 Å². The Morgan fingerprint density at radius 2 is 2.20 bits per heavy atom. The van der Waals surface area contributed by atoms with E-state index in [-0.39, 0.29) is 11.4 Å². The van der Waals surface area contributed by atoms with Crippen molar-refractivity contribution in [2.45, 2.75) is 12.8 Å². The van der Waals surface area contributed by atoms with Gasteiger partial charge >= 0.3 is 5.97 Å². The molecule has 0 unspecified atom stereocenters. The van der Waals surface area contributed by atoms with Crippen LogP contribution < -0.4 is 5.32 Å². The molecule has 0 radical (unpaired) electrons. The van der Waals surface area contributed by atoms with Crippen LogP contribution in [-0.2, 0) is 9.47 Å². The van der Waals surface area contributed by atoms with Crippen LogP contribution in [-0.4, -0.2) is 49.5 Å². The molecule has 6 nitrogen and oxygen atoms in total. The maximum atomic E-state index is 12.9. The third kappa shape index (κ3) is 5.94.